The van der Waals surface area contributed by atoms with Gasteiger partial charge in [-0.1, -0.05) is 66.7 Å². The number of hydroxylamine groups is 1. The normalized spacial score (nSPS) is 11.4. The molecule has 0 saturated carbocycles. The molecule has 150 valence electrons. The van der Waals surface area contributed by atoms with Gasteiger partial charge in [-0.25, -0.2) is 4.79 Å². The van der Waals surface area contributed by atoms with Crippen molar-refractivity contribution in [2.24, 2.45) is 0 Å². The molecule has 1 aliphatic carbocycles. The first-order valence-electron chi connectivity index (χ1n) is 10.1. The van der Waals surface area contributed by atoms with Gasteiger partial charge in [0, 0.05) is 5.56 Å². The third kappa shape index (κ3) is 3.60. The lowest BCUT2D eigenvalue weighted by molar-refractivity contribution is 0.0409. The molecule has 1 aliphatic rings. The summed E-state index contributed by atoms with van der Waals surface area (Å²) in [4.78, 5) is 31.7. The minimum atomic E-state index is -0.589. The standard InChI is InChI=1S/C27H19NO3/c29-26(19-9-3-1-4-10-19)28(31-27(30)20-11-5-2-6-12-20)23-15-16-25-22(18-23)17-21-13-7-8-14-24(21)25/h1-16,18H,17H2. The van der Waals surface area contributed by atoms with Crippen LogP contribution < -0.4 is 5.06 Å². The molecule has 0 aromatic heterocycles. The Morgan fingerprint density at radius 3 is 2.00 bits per heavy atom. The molecular weight excluding hydrogens is 386 g/mol. The number of amides is 1. The highest BCUT2D eigenvalue weighted by atomic mass is 16.7. The summed E-state index contributed by atoms with van der Waals surface area (Å²) in [7, 11) is 0. The number of benzene rings is 4. The SMILES string of the molecule is O=C(ON(C(=O)c1ccccc1)c1ccc2c(c1)Cc1ccccc1-2)c1ccccc1. The third-order valence-corrected chi connectivity index (χ3v) is 5.40. The smallest absolute Gasteiger partial charge is 0.327 e. The summed E-state index contributed by atoms with van der Waals surface area (Å²) in [5, 5.41) is 1.09. The predicted octanol–water partition coefficient (Wildman–Crippen LogP) is 5.68. The molecule has 4 aromatic rings. The van der Waals surface area contributed by atoms with E-state index in [9.17, 15) is 9.59 Å². The van der Waals surface area contributed by atoms with E-state index in [2.05, 4.69) is 12.1 Å². The molecule has 0 radical (unpaired) electrons. The molecule has 0 aliphatic heterocycles. The molecule has 0 unspecified atom stereocenters. The van der Waals surface area contributed by atoms with Crippen LogP contribution in [0.25, 0.3) is 11.1 Å². The quantitative estimate of drug-likeness (QED) is 0.363. The Morgan fingerprint density at radius 2 is 1.26 bits per heavy atom. The molecule has 0 spiro atoms. The van der Waals surface area contributed by atoms with Crippen LogP contribution in [-0.4, -0.2) is 11.9 Å². The Kier molecular flexibility index (Phi) is 4.81. The molecule has 4 nitrogen and oxygen atoms in total. The maximum atomic E-state index is 13.3. The fourth-order valence-electron chi connectivity index (χ4n) is 3.88. The van der Waals surface area contributed by atoms with Crippen LogP contribution in [-0.2, 0) is 11.3 Å². The summed E-state index contributed by atoms with van der Waals surface area (Å²) in [5.74, 6) is -0.992. The van der Waals surface area contributed by atoms with Crippen molar-refractivity contribution in [3.63, 3.8) is 0 Å². The Bertz CT molecular complexity index is 1270. The van der Waals surface area contributed by atoms with Crippen molar-refractivity contribution in [3.8, 4) is 11.1 Å². The molecule has 0 atom stereocenters. The maximum Gasteiger partial charge on any atom is 0.363 e. The molecule has 0 fully saturated rings. The van der Waals surface area contributed by atoms with Gasteiger partial charge in [0.2, 0.25) is 0 Å². The number of carbonyl (C=O) groups excluding carboxylic acids is 2. The zero-order chi connectivity index (χ0) is 21.2. The van der Waals surface area contributed by atoms with E-state index in [4.69, 9.17) is 4.84 Å². The van der Waals surface area contributed by atoms with Gasteiger partial charge in [-0.3, -0.25) is 4.79 Å². The van der Waals surface area contributed by atoms with Crippen LogP contribution >= 0.6 is 0 Å². The Morgan fingerprint density at radius 1 is 0.645 bits per heavy atom. The van der Waals surface area contributed by atoms with Gasteiger partial charge in [-0.15, -0.1) is 5.06 Å². The number of anilines is 1. The number of fused-ring (bicyclic) bond motifs is 3. The van der Waals surface area contributed by atoms with E-state index in [0.717, 1.165) is 22.6 Å². The fourth-order valence-corrected chi connectivity index (χ4v) is 3.88. The highest BCUT2D eigenvalue weighted by Gasteiger charge is 2.26. The summed E-state index contributed by atoms with van der Waals surface area (Å²) >= 11 is 0. The van der Waals surface area contributed by atoms with E-state index in [-0.39, 0.29) is 0 Å². The predicted molar refractivity (Wildman–Crippen MR) is 120 cm³/mol. The second-order valence-corrected chi connectivity index (χ2v) is 7.39. The molecule has 1 amide bonds. The van der Waals surface area contributed by atoms with Gasteiger partial charge in [-0.05, 0) is 65.1 Å². The van der Waals surface area contributed by atoms with Crippen molar-refractivity contribution in [3.05, 3.63) is 125 Å². The largest absolute Gasteiger partial charge is 0.363 e. The van der Waals surface area contributed by atoms with Gasteiger partial charge in [0.05, 0.1) is 11.3 Å². The zero-order valence-corrected chi connectivity index (χ0v) is 16.7. The second-order valence-electron chi connectivity index (χ2n) is 7.39. The van der Waals surface area contributed by atoms with Crippen LogP contribution in [0.15, 0.2) is 103 Å². The average molecular weight is 405 g/mol. The van der Waals surface area contributed by atoms with Crippen molar-refractivity contribution >= 4 is 17.6 Å². The van der Waals surface area contributed by atoms with E-state index in [1.165, 1.54) is 11.1 Å². The van der Waals surface area contributed by atoms with Gasteiger partial charge in [0.1, 0.15) is 0 Å². The van der Waals surface area contributed by atoms with Crippen LogP contribution in [0.3, 0.4) is 0 Å². The minimum absolute atomic E-state index is 0.377. The van der Waals surface area contributed by atoms with E-state index in [0.29, 0.717) is 16.8 Å². The lowest BCUT2D eigenvalue weighted by atomic mass is 10.1. The van der Waals surface area contributed by atoms with Gasteiger partial charge in [-0.2, -0.15) is 0 Å². The number of hydrogen-bond donors (Lipinski definition) is 0. The van der Waals surface area contributed by atoms with E-state index in [1.54, 1.807) is 48.5 Å². The first-order valence-corrected chi connectivity index (χ1v) is 10.1. The summed E-state index contributed by atoms with van der Waals surface area (Å²) < 4.78 is 0. The minimum Gasteiger partial charge on any atom is -0.327 e. The summed E-state index contributed by atoms with van der Waals surface area (Å²) in [5.41, 5.74) is 6.02. The second kappa shape index (κ2) is 7.92. The highest BCUT2D eigenvalue weighted by Crippen LogP contribution is 2.38. The third-order valence-electron chi connectivity index (χ3n) is 5.40. The molecule has 0 heterocycles. The van der Waals surface area contributed by atoms with E-state index < -0.39 is 11.9 Å². The monoisotopic (exact) mass is 405 g/mol. The number of nitrogens with zero attached hydrogens (tertiary/aromatic N) is 1. The lowest BCUT2D eigenvalue weighted by Gasteiger charge is -2.22. The van der Waals surface area contributed by atoms with Gasteiger partial charge in [0.25, 0.3) is 5.91 Å². The Hall–Kier alpha value is -4.18. The van der Waals surface area contributed by atoms with Gasteiger partial charge in [0.15, 0.2) is 0 Å². The van der Waals surface area contributed by atoms with Crippen molar-refractivity contribution in [2.75, 3.05) is 5.06 Å². The van der Waals surface area contributed by atoms with Crippen LogP contribution in [0.2, 0.25) is 0 Å². The number of carbonyl (C=O) groups is 2. The molecule has 0 N–H and O–H groups in total. The van der Waals surface area contributed by atoms with Crippen LogP contribution in [0.5, 0.6) is 0 Å². The van der Waals surface area contributed by atoms with Crippen molar-refractivity contribution in [2.45, 2.75) is 6.42 Å². The molecule has 4 aromatic carbocycles. The summed E-state index contributed by atoms with van der Waals surface area (Å²) in [6.07, 6.45) is 0.777. The van der Waals surface area contributed by atoms with Crippen molar-refractivity contribution in [1.82, 2.24) is 0 Å². The zero-order valence-electron chi connectivity index (χ0n) is 16.7. The molecular formula is C27H19NO3. The van der Waals surface area contributed by atoms with E-state index in [1.807, 2.05) is 42.5 Å². The topological polar surface area (TPSA) is 46.6 Å². The van der Waals surface area contributed by atoms with Gasteiger partial charge >= 0.3 is 5.97 Å². The summed E-state index contributed by atoms with van der Waals surface area (Å²) in [6.45, 7) is 0. The maximum absolute atomic E-state index is 13.3. The molecule has 5 rings (SSSR count). The lowest BCUT2D eigenvalue weighted by Crippen LogP contribution is -2.33. The molecule has 0 bridgehead atoms. The number of rotatable bonds is 3. The first kappa shape index (κ1) is 18.8. The fraction of sp³-hybridized carbons (Fsp3) is 0.0370. The van der Waals surface area contributed by atoms with Crippen molar-refractivity contribution in [1.29, 1.82) is 0 Å². The van der Waals surface area contributed by atoms with Gasteiger partial charge < -0.3 is 4.84 Å². The first-order chi connectivity index (χ1) is 15.2. The molecule has 4 heteroatoms. The Labute approximate surface area is 180 Å². The van der Waals surface area contributed by atoms with Crippen LogP contribution in [0.1, 0.15) is 31.8 Å². The Balaban J connectivity index is 1.52. The summed E-state index contributed by atoms with van der Waals surface area (Å²) in [6, 6.07) is 31.4. The van der Waals surface area contributed by atoms with Crippen LogP contribution in [0.4, 0.5) is 5.69 Å². The van der Waals surface area contributed by atoms with Crippen LogP contribution in [0, 0.1) is 0 Å². The van der Waals surface area contributed by atoms with Crippen molar-refractivity contribution < 1.29 is 14.4 Å². The van der Waals surface area contributed by atoms with E-state index >= 15 is 0 Å². The molecule has 31 heavy (non-hydrogen) atoms. The molecule has 0 saturated heterocycles. The number of hydrogen-bond acceptors (Lipinski definition) is 3. The average Bonchev–Trinajstić information content (AvgIpc) is 3.21. The highest BCUT2D eigenvalue weighted by molar-refractivity contribution is 6.06.